The van der Waals surface area contributed by atoms with Gasteiger partial charge in [0.2, 0.25) is 0 Å². The molecule has 5 rings (SSSR count). The van der Waals surface area contributed by atoms with E-state index < -0.39 is 5.54 Å². The molecule has 2 aromatic rings. The predicted molar refractivity (Wildman–Crippen MR) is 154 cm³/mol. The summed E-state index contributed by atoms with van der Waals surface area (Å²) in [5.74, 6) is -0.134. The molecule has 3 heterocycles. The number of amides is 5. The van der Waals surface area contributed by atoms with E-state index in [0.29, 0.717) is 52.2 Å². The average molecular weight is 621 g/mol. The van der Waals surface area contributed by atoms with Crippen molar-refractivity contribution < 1.29 is 19.1 Å². The number of piperidine rings is 1. The average Bonchev–Trinajstić information content (AvgIpc) is 3.17. The van der Waals surface area contributed by atoms with E-state index in [0.717, 1.165) is 28.6 Å². The third kappa shape index (κ3) is 6.92. The van der Waals surface area contributed by atoms with Gasteiger partial charge in [-0.1, -0.05) is 58.4 Å². The molecule has 3 aliphatic heterocycles. The molecule has 39 heavy (non-hydrogen) atoms. The number of morpholine rings is 1. The van der Waals surface area contributed by atoms with Gasteiger partial charge in [0.1, 0.15) is 5.54 Å². The van der Waals surface area contributed by atoms with Crippen molar-refractivity contribution in [2.24, 2.45) is 0 Å². The number of halogens is 2. The Balaban J connectivity index is 0.00000353. The number of ether oxygens (including phenoxy) is 1. The van der Waals surface area contributed by atoms with Crippen LogP contribution in [0.15, 0.2) is 59.1 Å². The van der Waals surface area contributed by atoms with E-state index in [4.69, 9.17) is 4.74 Å². The fraction of sp³-hybridized carbons (Fsp3) is 0.464. The van der Waals surface area contributed by atoms with E-state index >= 15 is 0 Å². The van der Waals surface area contributed by atoms with Crippen LogP contribution in [0, 0.1) is 0 Å². The second kappa shape index (κ2) is 13.1. The van der Waals surface area contributed by atoms with Crippen LogP contribution in [0.5, 0.6) is 0 Å². The number of nitrogens with one attached hydrogen (secondary N) is 2. The lowest BCUT2D eigenvalue weighted by atomic mass is 9.87. The summed E-state index contributed by atoms with van der Waals surface area (Å²) in [6, 6.07) is 17.2. The number of urea groups is 2. The molecule has 9 nitrogen and oxygen atoms in total. The summed E-state index contributed by atoms with van der Waals surface area (Å²) in [7, 11) is 0. The molecule has 0 bridgehead atoms. The van der Waals surface area contributed by atoms with Gasteiger partial charge in [-0.25, -0.2) is 9.59 Å². The minimum Gasteiger partial charge on any atom is -0.378 e. The lowest BCUT2D eigenvalue weighted by Gasteiger charge is -2.38. The minimum absolute atomic E-state index is 0. The highest BCUT2D eigenvalue weighted by molar-refractivity contribution is 9.10. The van der Waals surface area contributed by atoms with Gasteiger partial charge in [-0.15, -0.1) is 12.4 Å². The van der Waals surface area contributed by atoms with Crippen LogP contribution < -0.4 is 10.6 Å². The summed E-state index contributed by atoms with van der Waals surface area (Å²) < 4.78 is 6.33. The van der Waals surface area contributed by atoms with Crippen molar-refractivity contribution in [1.82, 2.24) is 25.3 Å². The third-order valence-corrected chi connectivity index (χ3v) is 8.27. The monoisotopic (exact) mass is 619 g/mol. The van der Waals surface area contributed by atoms with Crippen LogP contribution in [-0.4, -0.2) is 84.1 Å². The number of hydrogen-bond donors (Lipinski definition) is 2. The van der Waals surface area contributed by atoms with Crippen molar-refractivity contribution in [3.05, 3.63) is 70.2 Å². The fourth-order valence-corrected chi connectivity index (χ4v) is 5.68. The topological polar surface area (TPSA) is 94.2 Å². The van der Waals surface area contributed by atoms with Crippen molar-refractivity contribution in [3.63, 3.8) is 0 Å². The van der Waals surface area contributed by atoms with Gasteiger partial charge in [-0.2, -0.15) is 0 Å². The summed E-state index contributed by atoms with van der Waals surface area (Å²) >= 11 is 3.42. The van der Waals surface area contributed by atoms with Gasteiger partial charge in [0.15, 0.2) is 0 Å². The molecule has 1 atom stereocenters. The number of benzene rings is 2. The first-order valence-electron chi connectivity index (χ1n) is 13.2. The van der Waals surface area contributed by atoms with Crippen molar-refractivity contribution in [1.29, 1.82) is 0 Å². The highest BCUT2D eigenvalue weighted by Gasteiger charge is 2.52. The minimum atomic E-state index is -0.827. The van der Waals surface area contributed by atoms with Gasteiger partial charge in [-0.3, -0.25) is 9.69 Å². The number of rotatable bonds is 7. The highest BCUT2D eigenvalue weighted by Crippen LogP contribution is 2.31. The standard InChI is InChI=1S/C28H34BrN5O4.ClH/c29-23-8-6-21(7-9-23)20-34-25(35)28(31-27(34)37)11-14-32(15-12-28)13-10-24(22-4-2-1-3-5-22)30-26(36)33-16-18-38-19-17-33;/h1-9,24H,10-20H2,(H,30,36)(H,31,37);1H/t24-;/m0./s1. The van der Waals surface area contributed by atoms with E-state index in [2.05, 4.69) is 31.5 Å². The van der Waals surface area contributed by atoms with Gasteiger partial charge in [-0.05, 0) is 42.5 Å². The number of hydrogen-bond acceptors (Lipinski definition) is 5. The van der Waals surface area contributed by atoms with Crippen LogP contribution in [-0.2, 0) is 16.1 Å². The molecule has 5 amide bonds. The molecule has 0 radical (unpaired) electrons. The Morgan fingerprint density at radius 3 is 2.33 bits per heavy atom. The maximum absolute atomic E-state index is 13.3. The highest BCUT2D eigenvalue weighted by atomic mass is 79.9. The molecule has 11 heteroatoms. The Labute approximate surface area is 243 Å². The van der Waals surface area contributed by atoms with Crippen molar-refractivity contribution in [2.75, 3.05) is 45.9 Å². The van der Waals surface area contributed by atoms with Crippen LogP contribution in [0.3, 0.4) is 0 Å². The summed E-state index contributed by atoms with van der Waals surface area (Å²) in [4.78, 5) is 44.5. The van der Waals surface area contributed by atoms with E-state index in [-0.39, 0.29) is 43.0 Å². The Kier molecular flexibility index (Phi) is 9.87. The molecule has 3 aliphatic rings. The number of likely N-dealkylation sites (tertiary alicyclic amines) is 1. The summed E-state index contributed by atoms with van der Waals surface area (Å²) in [5.41, 5.74) is 1.16. The molecule has 2 aromatic carbocycles. The SMILES string of the molecule is Cl.O=C(N[C@@H](CCN1CCC2(CC1)NC(=O)N(Cc1ccc(Br)cc1)C2=O)c1ccccc1)N1CCOCC1. The largest absolute Gasteiger partial charge is 0.378 e. The Morgan fingerprint density at radius 1 is 1.00 bits per heavy atom. The van der Waals surface area contributed by atoms with Crippen LogP contribution in [0.4, 0.5) is 9.59 Å². The molecule has 210 valence electrons. The maximum Gasteiger partial charge on any atom is 0.325 e. The first-order valence-corrected chi connectivity index (χ1v) is 14.0. The second-order valence-electron chi connectivity index (χ2n) is 10.2. The zero-order valence-electron chi connectivity index (χ0n) is 21.8. The Morgan fingerprint density at radius 2 is 1.67 bits per heavy atom. The molecule has 2 N–H and O–H groups in total. The molecule has 0 aromatic heterocycles. The molecular weight excluding hydrogens is 586 g/mol. The quantitative estimate of drug-likeness (QED) is 0.458. The van der Waals surface area contributed by atoms with Gasteiger partial charge in [0.05, 0.1) is 25.8 Å². The number of carbonyl (C=O) groups excluding carboxylic acids is 3. The number of carbonyl (C=O) groups is 3. The second-order valence-corrected chi connectivity index (χ2v) is 11.1. The Hall–Kier alpha value is -2.66. The van der Waals surface area contributed by atoms with E-state index in [1.54, 1.807) is 4.90 Å². The molecule has 0 saturated carbocycles. The van der Waals surface area contributed by atoms with Crippen LogP contribution in [0.2, 0.25) is 0 Å². The molecule has 0 unspecified atom stereocenters. The number of imide groups is 1. The van der Waals surface area contributed by atoms with Gasteiger partial charge in [0.25, 0.3) is 5.91 Å². The zero-order valence-corrected chi connectivity index (χ0v) is 24.2. The lowest BCUT2D eigenvalue weighted by molar-refractivity contribution is -0.133. The van der Waals surface area contributed by atoms with Crippen LogP contribution in [0.1, 0.15) is 36.4 Å². The van der Waals surface area contributed by atoms with E-state index in [1.807, 2.05) is 54.6 Å². The summed E-state index contributed by atoms with van der Waals surface area (Å²) in [5, 5.41) is 6.22. The molecule has 1 spiro atoms. The third-order valence-electron chi connectivity index (χ3n) is 7.74. The van der Waals surface area contributed by atoms with Gasteiger partial charge >= 0.3 is 12.1 Å². The molecule has 0 aliphatic carbocycles. The molecular formula is C28H35BrClN5O4. The smallest absolute Gasteiger partial charge is 0.325 e. The summed E-state index contributed by atoms with van der Waals surface area (Å²) in [6.45, 7) is 4.78. The van der Waals surface area contributed by atoms with E-state index in [1.165, 1.54) is 4.90 Å². The van der Waals surface area contributed by atoms with Gasteiger partial charge in [0, 0.05) is 37.2 Å². The first kappa shape index (κ1) is 29.3. The fourth-order valence-electron chi connectivity index (χ4n) is 5.42. The van der Waals surface area contributed by atoms with Crippen molar-refractivity contribution in [2.45, 2.75) is 37.4 Å². The predicted octanol–water partition coefficient (Wildman–Crippen LogP) is 3.93. The normalized spacial score (nSPS) is 19.9. The number of nitrogens with zero attached hydrogens (tertiary/aromatic N) is 3. The van der Waals surface area contributed by atoms with Crippen molar-refractivity contribution >= 4 is 46.3 Å². The van der Waals surface area contributed by atoms with E-state index in [9.17, 15) is 14.4 Å². The maximum atomic E-state index is 13.3. The first-order chi connectivity index (χ1) is 18.4. The van der Waals surface area contributed by atoms with Gasteiger partial charge < -0.3 is 25.2 Å². The molecule has 3 saturated heterocycles. The Bertz CT molecular complexity index is 1140. The van der Waals surface area contributed by atoms with Crippen LogP contribution in [0.25, 0.3) is 0 Å². The zero-order chi connectivity index (χ0) is 26.5. The lowest BCUT2D eigenvalue weighted by Crippen LogP contribution is -2.55. The van der Waals surface area contributed by atoms with Crippen molar-refractivity contribution in [3.8, 4) is 0 Å². The van der Waals surface area contributed by atoms with Crippen LogP contribution >= 0.6 is 28.3 Å². The molecule has 3 fully saturated rings. The summed E-state index contributed by atoms with van der Waals surface area (Å²) in [6.07, 6.45) is 1.90.